The molecule has 1 heteroatoms. The molecule has 0 heterocycles. The summed E-state index contributed by atoms with van der Waals surface area (Å²) in [7, 11) is 0. The standard InChI is InChI=1S/C9H17N/c1-4-7-8-9-10(5-2)6-3/h4-6,9H2,1-3H3/p+1. The van der Waals surface area contributed by atoms with E-state index in [1.54, 1.807) is 4.90 Å². The summed E-state index contributed by atoms with van der Waals surface area (Å²) >= 11 is 0. The predicted octanol–water partition coefficient (Wildman–Crippen LogP) is 0.324. The lowest BCUT2D eigenvalue weighted by Gasteiger charge is -2.10. The third-order valence-corrected chi connectivity index (χ3v) is 1.64. The van der Waals surface area contributed by atoms with Gasteiger partial charge >= 0.3 is 0 Å². The van der Waals surface area contributed by atoms with Gasteiger partial charge in [0.1, 0.15) is 6.54 Å². The van der Waals surface area contributed by atoms with Crippen LogP contribution in [0.25, 0.3) is 0 Å². The predicted molar refractivity (Wildman–Crippen MR) is 45.0 cm³/mol. The summed E-state index contributed by atoms with van der Waals surface area (Å²) < 4.78 is 0. The van der Waals surface area contributed by atoms with Crippen LogP contribution in [0.3, 0.4) is 0 Å². The molecule has 0 spiro atoms. The first-order valence-electron chi connectivity index (χ1n) is 4.14. The van der Waals surface area contributed by atoms with Gasteiger partial charge in [0.05, 0.1) is 13.1 Å². The molecule has 1 nitrogen and oxygen atoms in total. The van der Waals surface area contributed by atoms with Gasteiger partial charge in [-0.3, -0.25) is 0 Å². The molecule has 0 aliphatic rings. The van der Waals surface area contributed by atoms with Gasteiger partial charge in [0.2, 0.25) is 0 Å². The van der Waals surface area contributed by atoms with Crippen molar-refractivity contribution in [3.05, 3.63) is 0 Å². The Labute approximate surface area is 64.4 Å². The van der Waals surface area contributed by atoms with Crippen LogP contribution in [-0.2, 0) is 0 Å². The lowest BCUT2D eigenvalue weighted by Crippen LogP contribution is -3.11. The second-order valence-corrected chi connectivity index (χ2v) is 2.34. The molecule has 10 heavy (non-hydrogen) atoms. The molecule has 0 saturated heterocycles. The van der Waals surface area contributed by atoms with Crippen LogP contribution >= 0.6 is 0 Å². The zero-order valence-corrected chi connectivity index (χ0v) is 7.33. The van der Waals surface area contributed by atoms with Crippen molar-refractivity contribution in [1.82, 2.24) is 0 Å². The van der Waals surface area contributed by atoms with Crippen molar-refractivity contribution >= 4 is 0 Å². The van der Waals surface area contributed by atoms with Crippen molar-refractivity contribution in [2.24, 2.45) is 0 Å². The quantitative estimate of drug-likeness (QED) is 0.539. The van der Waals surface area contributed by atoms with Gasteiger partial charge in [-0.15, -0.1) is 0 Å². The zero-order valence-electron chi connectivity index (χ0n) is 7.33. The van der Waals surface area contributed by atoms with Gasteiger partial charge in [-0.05, 0) is 19.8 Å². The van der Waals surface area contributed by atoms with E-state index in [9.17, 15) is 0 Å². The molecule has 0 amide bonds. The van der Waals surface area contributed by atoms with Gasteiger partial charge in [0.15, 0.2) is 0 Å². The third kappa shape index (κ3) is 4.40. The second kappa shape index (κ2) is 6.64. The van der Waals surface area contributed by atoms with Crippen molar-refractivity contribution in [2.75, 3.05) is 19.6 Å². The van der Waals surface area contributed by atoms with Gasteiger partial charge in [-0.2, -0.15) is 0 Å². The van der Waals surface area contributed by atoms with E-state index in [1.165, 1.54) is 13.1 Å². The maximum atomic E-state index is 3.15. The van der Waals surface area contributed by atoms with Crippen LogP contribution in [0.15, 0.2) is 0 Å². The highest BCUT2D eigenvalue weighted by atomic mass is 15.1. The Hall–Kier alpha value is -0.480. The maximum Gasteiger partial charge on any atom is 0.139 e. The van der Waals surface area contributed by atoms with Crippen LogP contribution in [0.4, 0.5) is 0 Å². The molecule has 0 fully saturated rings. The molecule has 58 valence electrons. The molecule has 0 rings (SSSR count). The maximum absolute atomic E-state index is 3.15. The summed E-state index contributed by atoms with van der Waals surface area (Å²) in [5.74, 6) is 6.23. The SMILES string of the molecule is CCC#CC[NH+](CC)CC. The molecular weight excluding hydrogens is 122 g/mol. The molecule has 0 radical (unpaired) electrons. The molecule has 0 aromatic carbocycles. The van der Waals surface area contributed by atoms with E-state index >= 15 is 0 Å². The van der Waals surface area contributed by atoms with E-state index in [-0.39, 0.29) is 0 Å². The first kappa shape index (κ1) is 9.52. The highest BCUT2D eigenvalue weighted by molar-refractivity contribution is 4.97. The average molecular weight is 140 g/mol. The normalized spacial score (nSPS) is 9.20. The second-order valence-electron chi connectivity index (χ2n) is 2.34. The van der Waals surface area contributed by atoms with E-state index in [0.717, 1.165) is 13.0 Å². The molecule has 0 atom stereocenters. The van der Waals surface area contributed by atoms with Gasteiger partial charge in [-0.25, -0.2) is 0 Å². The summed E-state index contributed by atoms with van der Waals surface area (Å²) in [5.41, 5.74) is 0. The van der Waals surface area contributed by atoms with Crippen molar-refractivity contribution in [2.45, 2.75) is 27.2 Å². The molecule has 0 aromatic heterocycles. The van der Waals surface area contributed by atoms with Gasteiger partial charge in [0.25, 0.3) is 0 Å². The lowest BCUT2D eigenvalue weighted by atomic mass is 10.4. The first-order chi connectivity index (χ1) is 4.85. The molecule has 1 N–H and O–H groups in total. The fraction of sp³-hybridized carbons (Fsp3) is 0.778. The van der Waals surface area contributed by atoms with Crippen LogP contribution in [0.5, 0.6) is 0 Å². The number of rotatable bonds is 3. The Kier molecular flexibility index (Phi) is 6.32. The summed E-state index contributed by atoms with van der Waals surface area (Å²) in [6, 6.07) is 0. The van der Waals surface area contributed by atoms with Crippen molar-refractivity contribution in [3.8, 4) is 11.8 Å². The molecule has 0 bridgehead atoms. The highest BCUT2D eigenvalue weighted by Gasteiger charge is 1.95. The van der Waals surface area contributed by atoms with Crippen LogP contribution in [0.2, 0.25) is 0 Å². The number of hydrogen-bond donors (Lipinski definition) is 1. The van der Waals surface area contributed by atoms with Crippen molar-refractivity contribution < 1.29 is 4.90 Å². The van der Waals surface area contributed by atoms with E-state index < -0.39 is 0 Å². The van der Waals surface area contributed by atoms with Crippen LogP contribution in [0.1, 0.15) is 27.2 Å². The zero-order chi connectivity index (χ0) is 7.82. The minimum absolute atomic E-state index is 0.987. The highest BCUT2D eigenvalue weighted by Crippen LogP contribution is 1.63. The Morgan fingerprint density at radius 1 is 1.00 bits per heavy atom. The Morgan fingerprint density at radius 3 is 2.00 bits per heavy atom. The Balaban J connectivity index is 3.43. The number of quaternary nitrogens is 1. The van der Waals surface area contributed by atoms with E-state index in [1.807, 2.05) is 0 Å². The smallest absolute Gasteiger partial charge is 0.139 e. The average Bonchev–Trinajstić information content (AvgIpc) is 1.99. The summed E-state index contributed by atoms with van der Waals surface area (Å²) in [6.45, 7) is 9.88. The summed E-state index contributed by atoms with van der Waals surface area (Å²) in [4.78, 5) is 1.57. The van der Waals surface area contributed by atoms with Crippen molar-refractivity contribution in [1.29, 1.82) is 0 Å². The first-order valence-corrected chi connectivity index (χ1v) is 4.14. The van der Waals surface area contributed by atoms with Crippen LogP contribution in [0, 0.1) is 11.8 Å². The van der Waals surface area contributed by atoms with Gasteiger partial charge in [0, 0.05) is 6.42 Å². The third-order valence-electron chi connectivity index (χ3n) is 1.64. The van der Waals surface area contributed by atoms with E-state index in [0.29, 0.717) is 0 Å². The lowest BCUT2D eigenvalue weighted by molar-refractivity contribution is -0.889. The molecule has 0 saturated carbocycles. The largest absolute Gasteiger partial charge is 0.325 e. The molecule has 0 aliphatic heterocycles. The Morgan fingerprint density at radius 2 is 1.60 bits per heavy atom. The minimum atomic E-state index is 0.987. The van der Waals surface area contributed by atoms with Crippen LogP contribution < -0.4 is 4.90 Å². The van der Waals surface area contributed by atoms with Gasteiger partial charge in [-0.1, -0.05) is 12.8 Å². The van der Waals surface area contributed by atoms with Crippen LogP contribution in [-0.4, -0.2) is 19.6 Å². The molecule has 0 aromatic rings. The van der Waals surface area contributed by atoms with Gasteiger partial charge < -0.3 is 4.90 Å². The number of hydrogen-bond acceptors (Lipinski definition) is 0. The minimum Gasteiger partial charge on any atom is -0.325 e. The molecule has 0 aliphatic carbocycles. The topological polar surface area (TPSA) is 4.44 Å². The fourth-order valence-electron chi connectivity index (χ4n) is 0.812. The van der Waals surface area contributed by atoms with Crippen molar-refractivity contribution in [3.63, 3.8) is 0 Å². The molecular formula is C9H18N+. The van der Waals surface area contributed by atoms with E-state index in [4.69, 9.17) is 0 Å². The summed E-state index contributed by atoms with van der Waals surface area (Å²) in [5, 5.41) is 0. The molecule has 0 unspecified atom stereocenters. The monoisotopic (exact) mass is 140 g/mol. The fourth-order valence-corrected chi connectivity index (χ4v) is 0.812. The summed E-state index contributed by atoms with van der Waals surface area (Å²) in [6.07, 6.45) is 0.987. The number of nitrogens with one attached hydrogen (secondary N) is 1. The Bertz CT molecular complexity index is 114. The van der Waals surface area contributed by atoms with E-state index in [2.05, 4.69) is 32.6 Å².